The van der Waals surface area contributed by atoms with Crippen LogP contribution in [0.2, 0.25) is 0 Å². The Morgan fingerprint density at radius 1 is 1.21 bits per heavy atom. The Kier molecular flexibility index (Phi) is 4.12. The van der Waals surface area contributed by atoms with Gasteiger partial charge in [0.1, 0.15) is 5.82 Å². The van der Waals surface area contributed by atoms with Gasteiger partial charge in [-0.1, -0.05) is 24.3 Å². The van der Waals surface area contributed by atoms with E-state index < -0.39 is 0 Å². The predicted octanol–water partition coefficient (Wildman–Crippen LogP) is 2.32. The van der Waals surface area contributed by atoms with Gasteiger partial charge in [0.15, 0.2) is 0 Å². The van der Waals surface area contributed by atoms with Gasteiger partial charge in [-0.25, -0.2) is 4.39 Å². The summed E-state index contributed by atoms with van der Waals surface area (Å²) in [7, 11) is 1.84. The molecule has 0 aliphatic carbocycles. The summed E-state index contributed by atoms with van der Waals surface area (Å²) in [6.45, 7) is 2.50. The van der Waals surface area contributed by atoms with Crippen molar-refractivity contribution in [3.05, 3.63) is 47.8 Å². The summed E-state index contributed by atoms with van der Waals surface area (Å²) in [5.41, 5.74) is 0.500. The fraction of sp³-hybridized carbons (Fsp3) is 0.267. The quantitative estimate of drug-likeness (QED) is 0.885. The monoisotopic (exact) mass is 260 g/mol. The maximum atomic E-state index is 13.7. The van der Waals surface area contributed by atoms with Crippen LogP contribution < -0.4 is 10.6 Å². The van der Waals surface area contributed by atoms with Crippen LogP contribution in [0.25, 0.3) is 10.8 Å². The van der Waals surface area contributed by atoms with E-state index in [-0.39, 0.29) is 17.8 Å². The Morgan fingerprint density at radius 3 is 2.58 bits per heavy atom. The van der Waals surface area contributed by atoms with E-state index in [2.05, 4.69) is 10.6 Å². The van der Waals surface area contributed by atoms with Crippen LogP contribution in [0.4, 0.5) is 4.39 Å². The third kappa shape index (κ3) is 2.90. The lowest BCUT2D eigenvalue weighted by atomic mass is 10.0. The van der Waals surface area contributed by atoms with Gasteiger partial charge in [0, 0.05) is 23.5 Å². The predicted molar refractivity (Wildman–Crippen MR) is 74.8 cm³/mol. The van der Waals surface area contributed by atoms with E-state index in [1.54, 1.807) is 24.3 Å². The lowest BCUT2D eigenvalue weighted by molar-refractivity contribution is 0.0952. The molecule has 0 aromatic heterocycles. The number of carbonyl (C=O) groups is 1. The number of likely N-dealkylation sites (N-methyl/N-ethyl adjacent to an activating group) is 1. The Morgan fingerprint density at radius 2 is 1.89 bits per heavy atom. The van der Waals surface area contributed by atoms with Crippen LogP contribution in [-0.4, -0.2) is 25.5 Å². The first-order valence-corrected chi connectivity index (χ1v) is 6.26. The molecular weight excluding hydrogens is 243 g/mol. The molecule has 2 N–H and O–H groups in total. The molecule has 0 aliphatic rings. The first kappa shape index (κ1) is 13.5. The molecule has 19 heavy (non-hydrogen) atoms. The number of rotatable bonds is 4. The molecule has 3 nitrogen and oxygen atoms in total. The van der Waals surface area contributed by atoms with Gasteiger partial charge in [-0.2, -0.15) is 0 Å². The standard InChI is InChI=1S/C15H17FN2O/c1-10(17-2)9-18-15(19)13-7-8-14(16)12-6-4-3-5-11(12)13/h3-8,10,17H,9H2,1-2H3,(H,18,19). The Labute approximate surface area is 111 Å². The van der Waals surface area contributed by atoms with Crippen molar-refractivity contribution in [1.82, 2.24) is 10.6 Å². The molecule has 1 unspecified atom stereocenters. The molecular formula is C15H17FN2O. The van der Waals surface area contributed by atoms with Gasteiger partial charge in [-0.05, 0) is 31.5 Å². The fourth-order valence-corrected chi connectivity index (χ4v) is 1.90. The highest BCUT2D eigenvalue weighted by atomic mass is 19.1. The van der Waals surface area contributed by atoms with Gasteiger partial charge in [-0.15, -0.1) is 0 Å². The maximum Gasteiger partial charge on any atom is 0.251 e. The highest BCUT2D eigenvalue weighted by molar-refractivity contribution is 6.07. The van der Waals surface area contributed by atoms with Crippen molar-refractivity contribution < 1.29 is 9.18 Å². The minimum Gasteiger partial charge on any atom is -0.350 e. The van der Waals surface area contributed by atoms with Crippen molar-refractivity contribution in [2.24, 2.45) is 0 Å². The molecule has 2 aromatic carbocycles. The summed E-state index contributed by atoms with van der Waals surface area (Å²) in [6.07, 6.45) is 0. The molecule has 100 valence electrons. The van der Waals surface area contributed by atoms with E-state index >= 15 is 0 Å². The first-order valence-electron chi connectivity index (χ1n) is 6.26. The fourth-order valence-electron chi connectivity index (χ4n) is 1.90. The zero-order valence-electron chi connectivity index (χ0n) is 11.0. The van der Waals surface area contributed by atoms with Crippen molar-refractivity contribution in [2.75, 3.05) is 13.6 Å². The molecule has 0 fully saturated rings. The molecule has 1 amide bonds. The van der Waals surface area contributed by atoms with Crippen LogP contribution in [0.1, 0.15) is 17.3 Å². The molecule has 0 radical (unpaired) electrons. The molecule has 0 saturated carbocycles. The van der Waals surface area contributed by atoms with Crippen molar-refractivity contribution >= 4 is 16.7 Å². The third-order valence-electron chi connectivity index (χ3n) is 3.18. The van der Waals surface area contributed by atoms with Crippen molar-refractivity contribution in [2.45, 2.75) is 13.0 Å². The summed E-state index contributed by atoms with van der Waals surface area (Å²) in [4.78, 5) is 12.1. The van der Waals surface area contributed by atoms with Gasteiger partial charge in [-0.3, -0.25) is 4.79 Å². The Bertz CT molecular complexity index is 598. The zero-order valence-corrected chi connectivity index (χ0v) is 11.0. The van der Waals surface area contributed by atoms with E-state index in [9.17, 15) is 9.18 Å². The van der Waals surface area contributed by atoms with Crippen LogP contribution in [-0.2, 0) is 0 Å². The van der Waals surface area contributed by atoms with E-state index in [0.29, 0.717) is 22.9 Å². The summed E-state index contributed by atoms with van der Waals surface area (Å²) < 4.78 is 13.7. The molecule has 0 bridgehead atoms. The average molecular weight is 260 g/mol. The van der Waals surface area contributed by atoms with Crippen molar-refractivity contribution in [1.29, 1.82) is 0 Å². The van der Waals surface area contributed by atoms with Crippen LogP contribution in [0, 0.1) is 5.82 Å². The number of nitrogens with one attached hydrogen (secondary N) is 2. The number of benzene rings is 2. The van der Waals surface area contributed by atoms with Crippen LogP contribution in [0.5, 0.6) is 0 Å². The minimum absolute atomic E-state index is 0.182. The van der Waals surface area contributed by atoms with Gasteiger partial charge in [0.25, 0.3) is 5.91 Å². The SMILES string of the molecule is CNC(C)CNC(=O)c1ccc(F)c2ccccc12. The van der Waals surface area contributed by atoms with Crippen LogP contribution in [0.15, 0.2) is 36.4 Å². The van der Waals surface area contributed by atoms with Crippen LogP contribution >= 0.6 is 0 Å². The van der Waals surface area contributed by atoms with E-state index in [1.165, 1.54) is 12.1 Å². The molecule has 1 atom stereocenters. The second-order valence-electron chi connectivity index (χ2n) is 4.54. The van der Waals surface area contributed by atoms with E-state index in [4.69, 9.17) is 0 Å². The largest absolute Gasteiger partial charge is 0.350 e. The lowest BCUT2D eigenvalue weighted by Crippen LogP contribution is -2.37. The van der Waals surface area contributed by atoms with Gasteiger partial charge >= 0.3 is 0 Å². The molecule has 2 aromatic rings. The van der Waals surface area contributed by atoms with Crippen LogP contribution in [0.3, 0.4) is 0 Å². The summed E-state index contributed by atoms with van der Waals surface area (Å²) in [6, 6.07) is 10.0. The highest BCUT2D eigenvalue weighted by Gasteiger charge is 2.12. The van der Waals surface area contributed by atoms with E-state index in [0.717, 1.165) is 0 Å². The van der Waals surface area contributed by atoms with Gasteiger partial charge in [0.2, 0.25) is 0 Å². The smallest absolute Gasteiger partial charge is 0.251 e. The number of carbonyl (C=O) groups excluding carboxylic acids is 1. The first-order chi connectivity index (χ1) is 9.13. The molecule has 0 spiro atoms. The Hall–Kier alpha value is -1.94. The molecule has 2 rings (SSSR count). The minimum atomic E-state index is -0.309. The number of amides is 1. The van der Waals surface area contributed by atoms with Crippen molar-refractivity contribution in [3.63, 3.8) is 0 Å². The second-order valence-corrected chi connectivity index (χ2v) is 4.54. The highest BCUT2D eigenvalue weighted by Crippen LogP contribution is 2.21. The topological polar surface area (TPSA) is 41.1 Å². The number of hydrogen-bond acceptors (Lipinski definition) is 2. The zero-order chi connectivity index (χ0) is 13.8. The Balaban J connectivity index is 2.30. The lowest BCUT2D eigenvalue weighted by Gasteiger charge is -2.12. The number of fused-ring (bicyclic) bond motifs is 1. The van der Waals surface area contributed by atoms with Gasteiger partial charge in [0.05, 0.1) is 0 Å². The van der Waals surface area contributed by atoms with Crippen molar-refractivity contribution in [3.8, 4) is 0 Å². The molecule has 4 heteroatoms. The van der Waals surface area contributed by atoms with E-state index in [1.807, 2.05) is 14.0 Å². The maximum absolute atomic E-state index is 13.7. The average Bonchev–Trinajstić information content (AvgIpc) is 2.45. The third-order valence-corrected chi connectivity index (χ3v) is 3.18. The number of halogens is 1. The molecule has 0 aliphatic heterocycles. The molecule has 0 heterocycles. The summed E-state index contributed by atoms with van der Waals surface area (Å²) in [5, 5.41) is 6.99. The normalized spacial score (nSPS) is 12.4. The molecule has 0 saturated heterocycles. The number of hydrogen-bond donors (Lipinski definition) is 2. The summed E-state index contributed by atoms with van der Waals surface area (Å²) >= 11 is 0. The summed E-state index contributed by atoms with van der Waals surface area (Å²) in [5.74, 6) is -0.492. The van der Waals surface area contributed by atoms with Gasteiger partial charge < -0.3 is 10.6 Å². The second kappa shape index (κ2) is 5.80.